The van der Waals surface area contributed by atoms with Crippen molar-refractivity contribution in [2.45, 2.75) is 25.8 Å². The third-order valence-corrected chi connectivity index (χ3v) is 4.14. The molecule has 1 atom stereocenters. The molecule has 0 unspecified atom stereocenters. The number of rotatable bonds is 4. The first-order chi connectivity index (χ1) is 9.61. The van der Waals surface area contributed by atoms with Crippen LogP contribution in [0.15, 0.2) is 34.8 Å². The summed E-state index contributed by atoms with van der Waals surface area (Å²) in [5.41, 5.74) is 1.02. The van der Waals surface area contributed by atoms with Crippen LogP contribution in [-0.2, 0) is 11.3 Å². The zero-order valence-electron chi connectivity index (χ0n) is 11.9. The number of halogens is 1. The Morgan fingerprint density at radius 2 is 2.25 bits per heavy atom. The molecule has 108 valence electrons. The van der Waals surface area contributed by atoms with E-state index in [4.69, 9.17) is 4.74 Å². The van der Waals surface area contributed by atoms with E-state index < -0.39 is 0 Å². The lowest BCUT2D eigenvalue weighted by molar-refractivity contribution is -0.135. The lowest BCUT2D eigenvalue weighted by Crippen LogP contribution is -2.33. The van der Waals surface area contributed by atoms with Gasteiger partial charge in [-0.15, -0.1) is 0 Å². The summed E-state index contributed by atoms with van der Waals surface area (Å²) in [6.45, 7) is 0.571. The molecule has 0 heterocycles. The number of ether oxygens (including phenoxy) is 1. The van der Waals surface area contributed by atoms with Crippen molar-refractivity contribution in [3.63, 3.8) is 0 Å². The van der Waals surface area contributed by atoms with Crippen LogP contribution in [0.2, 0.25) is 0 Å². The smallest absolute Gasteiger partial charge is 0.226 e. The van der Waals surface area contributed by atoms with Gasteiger partial charge in [-0.2, -0.15) is 0 Å². The fourth-order valence-corrected chi connectivity index (χ4v) is 2.94. The van der Waals surface area contributed by atoms with Crippen LogP contribution in [0.3, 0.4) is 0 Å². The predicted octanol–water partition coefficient (Wildman–Crippen LogP) is 3.77. The van der Waals surface area contributed by atoms with Crippen LogP contribution in [0.5, 0.6) is 5.75 Å². The molecule has 1 aromatic rings. The first-order valence-corrected chi connectivity index (χ1v) is 7.63. The number of nitrogens with zero attached hydrogens (tertiary/aromatic N) is 1. The summed E-state index contributed by atoms with van der Waals surface area (Å²) >= 11 is 3.46. The summed E-state index contributed by atoms with van der Waals surface area (Å²) < 4.78 is 6.35. The number of carbonyl (C=O) groups is 1. The highest BCUT2D eigenvalue weighted by Gasteiger charge is 2.22. The quantitative estimate of drug-likeness (QED) is 0.782. The minimum absolute atomic E-state index is 0.128. The maximum atomic E-state index is 12.4. The Kier molecular flexibility index (Phi) is 5.24. The molecule has 0 aliphatic heterocycles. The van der Waals surface area contributed by atoms with Crippen molar-refractivity contribution in [3.8, 4) is 5.75 Å². The molecule has 2 rings (SSSR count). The van der Waals surface area contributed by atoms with Gasteiger partial charge in [-0.25, -0.2) is 0 Å². The molecule has 1 aliphatic rings. The Labute approximate surface area is 128 Å². The molecule has 0 saturated carbocycles. The van der Waals surface area contributed by atoms with Gasteiger partial charge in [0, 0.05) is 29.5 Å². The summed E-state index contributed by atoms with van der Waals surface area (Å²) in [7, 11) is 3.52. The van der Waals surface area contributed by atoms with E-state index in [1.807, 2.05) is 25.2 Å². The number of carbonyl (C=O) groups excluding carboxylic acids is 1. The lowest BCUT2D eigenvalue weighted by atomic mass is 9.93. The van der Waals surface area contributed by atoms with Crippen molar-refractivity contribution < 1.29 is 9.53 Å². The van der Waals surface area contributed by atoms with Crippen LogP contribution < -0.4 is 4.74 Å². The van der Waals surface area contributed by atoms with Crippen LogP contribution in [-0.4, -0.2) is 25.0 Å². The van der Waals surface area contributed by atoms with Crippen LogP contribution in [0.1, 0.15) is 24.8 Å². The molecule has 0 radical (unpaired) electrons. The molecular weight excluding hydrogens is 318 g/mol. The topological polar surface area (TPSA) is 29.5 Å². The SMILES string of the molecule is COc1ccc(Br)cc1CN(C)C(=O)[C@@H]1CC=CCC1. The van der Waals surface area contributed by atoms with Gasteiger partial charge < -0.3 is 9.64 Å². The molecule has 0 bridgehead atoms. The molecule has 20 heavy (non-hydrogen) atoms. The van der Waals surface area contributed by atoms with Gasteiger partial charge in [0.15, 0.2) is 0 Å². The standard InChI is InChI=1S/C16H20BrNO2/c1-18(16(19)12-6-4-3-5-7-12)11-13-10-14(17)8-9-15(13)20-2/h3-4,8-10,12H,5-7,11H2,1-2H3/t12-/m1/s1. The fraction of sp³-hybridized carbons (Fsp3) is 0.438. The largest absolute Gasteiger partial charge is 0.496 e. The number of methoxy groups -OCH3 is 1. The normalized spacial score (nSPS) is 17.9. The average Bonchev–Trinajstić information content (AvgIpc) is 2.47. The number of hydrogen-bond acceptors (Lipinski definition) is 2. The monoisotopic (exact) mass is 337 g/mol. The fourth-order valence-electron chi connectivity index (χ4n) is 2.53. The highest BCUT2D eigenvalue weighted by atomic mass is 79.9. The van der Waals surface area contributed by atoms with E-state index in [0.29, 0.717) is 6.54 Å². The summed E-state index contributed by atoms with van der Waals surface area (Å²) in [4.78, 5) is 14.2. The minimum Gasteiger partial charge on any atom is -0.496 e. The van der Waals surface area contributed by atoms with Gasteiger partial charge in [-0.1, -0.05) is 28.1 Å². The molecule has 0 saturated heterocycles. The van der Waals surface area contributed by atoms with E-state index in [1.54, 1.807) is 12.0 Å². The first kappa shape index (κ1) is 15.1. The third kappa shape index (κ3) is 3.63. The van der Waals surface area contributed by atoms with Crippen LogP contribution in [0, 0.1) is 5.92 Å². The second kappa shape index (κ2) is 6.93. The van der Waals surface area contributed by atoms with Crippen LogP contribution in [0.4, 0.5) is 0 Å². The highest BCUT2D eigenvalue weighted by Crippen LogP contribution is 2.26. The van der Waals surface area contributed by atoms with Crippen molar-refractivity contribution >= 4 is 21.8 Å². The predicted molar refractivity (Wildman–Crippen MR) is 83.6 cm³/mol. The van der Waals surface area contributed by atoms with Gasteiger partial charge in [0.05, 0.1) is 7.11 Å². The maximum absolute atomic E-state index is 12.4. The van der Waals surface area contributed by atoms with Crippen molar-refractivity contribution in [3.05, 3.63) is 40.4 Å². The van der Waals surface area contributed by atoms with E-state index >= 15 is 0 Å². The molecule has 1 aliphatic carbocycles. The Balaban J connectivity index is 2.07. The second-order valence-electron chi connectivity index (χ2n) is 5.13. The number of amides is 1. The zero-order valence-corrected chi connectivity index (χ0v) is 13.5. The molecule has 0 spiro atoms. The van der Waals surface area contributed by atoms with Crippen molar-refractivity contribution in [2.24, 2.45) is 5.92 Å². The summed E-state index contributed by atoms with van der Waals surface area (Å²) in [5.74, 6) is 1.16. The van der Waals surface area contributed by atoms with Gasteiger partial charge in [0.2, 0.25) is 5.91 Å². The summed E-state index contributed by atoms with van der Waals surface area (Å²) in [6, 6.07) is 5.86. The second-order valence-corrected chi connectivity index (χ2v) is 6.05. The van der Waals surface area contributed by atoms with E-state index in [0.717, 1.165) is 35.0 Å². The van der Waals surface area contributed by atoms with Crippen molar-refractivity contribution in [2.75, 3.05) is 14.2 Å². The van der Waals surface area contributed by atoms with E-state index in [9.17, 15) is 4.79 Å². The van der Waals surface area contributed by atoms with Gasteiger partial charge in [-0.05, 0) is 37.5 Å². The molecule has 1 aromatic carbocycles. The molecule has 0 N–H and O–H groups in total. The summed E-state index contributed by atoms with van der Waals surface area (Å²) in [5, 5.41) is 0. The van der Waals surface area contributed by atoms with E-state index in [-0.39, 0.29) is 11.8 Å². The zero-order chi connectivity index (χ0) is 14.5. The van der Waals surface area contributed by atoms with E-state index in [1.165, 1.54) is 0 Å². The highest BCUT2D eigenvalue weighted by molar-refractivity contribution is 9.10. The molecule has 0 fully saturated rings. The molecule has 0 aromatic heterocycles. The van der Waals surface area contributed by atoms with Gasteiger partial charge >= 0.3 is 0 Å². The first-order valence-electron chi connectivity index (χ1n) is 6.84. The number of hydrogen-bond donors (Lipinski definition) is 0. The molecule has 4 heteroatoms. The number of allylic oxidation sites excluding steroid dienone is 2. The van der Waals surface area contributed by atoms with Gasteiger partial charge in [-0.3, -0.25) is 4.79 Å². The van der Waals surface area contributed by atoms with Crippen molar-refractivity contribution in [1.82, 2.24) is 4.90 Å². The third-order valence-electron chi connectivity index (χ3n) is 3.64. The van der Waals surface area contributed by atoms with Crippen LogP contribution in [0.25, 0.3) is 0 Å². The molecular formula is C16H20BrNO2. The minimum atomic E-state index is 0.128. The Morgan fingerprint density at radius 1 is 1.45 bits per heavy atom. The lowest BCUT2D eigenvalue weighted by Gasteiger charge is -2.25. The van der Waals surface area contributed by atoms with Crippen molar-refractivity contribution in [1.29, 1.82) is 0 Å². The van der Waals surface area contributed by atoms with Gasteiger partial charge in [0.25, 0.3) is 0 Å². The number of benzene rings is 1. The average molecular weight is 338 g/mol. The Bertz CT molecular complexity index is 513. The van der Waals surface area contributed by atoms with Gasteiger partial charge in [0.1, 0.15) is 5.75 Å². The Hall–Kier alpha value is -1.29. The summed E-state index contributed by atoms with van der Waals surface area (Å²) in [6.07, 6.45) is 7.08. The molecule has 1 amide bonds. The maximum Gasteiger partial charge on any atom is 0.226 e. The Morgan fingerprint density at radius 3 is 2.90 bits per heavy atom. The van der Waals surface area contributed by atoms with E-state index in [2.05, 4.69) is 28.1 Å². The molecule has 3 nitrogen and oxygen atoms in total. The van der Waals surface area contributed by atoms with Crippen LogP contribution >= 0.6 is 15.9 Å².